The van der Waals surface area contributed by atoms with Crippen LogP contribution in [0.4, 0.5) is 0 Å². The molecule has 0 bridgehead atoms. The van der Waals surface area contributed by atoms with Crippen molar-refractivity contribution in [3.63, 3.8) is 0 Å². The second-order valence-electron chi connectivity index (χ2n) is 6.46. The molecule has 0 atom stereocenters. The van der Waals surface area contributed by atoms with Crippen molar-refractivity contribution >= 4 is 11.9 Å². The van der Waals surface area contributed by atoms with Gasteiger partial charge in [-0.2, -0.15) is 0 Å². The molecule has 0 saturated heterocycles. The van der Waals surface area contributed by atoms with E-state index in [0.29, 0.717) is 17.1 Å². The smallest absolute Gasteiger partial charge is 0.185 e. The SMILES string of the molecule is C=CC(C)(C)c1cc(C=CC(=O)c2ccc(O)cc2)c(OC)cc1OC. The Morgan fingerprint density at radius 1 is 1.08 bits per heavy atom. The van der Waals surface area contributed by atoms with Crippen LogP contribution < -0.4 is 9.47 Å². The van der Waals surface area contributed by atoms with Crippen LogP contribution >= 0.6 is 0 Å². The number of allylic oxidation sites excluding steroid dienone is 2. The molecule has 4 heteroatoms. The second-order valence-corrected chi connectivity index (χ2v) is 6.46. The Kier molecular flexibility index (Phi) is 5.88. The van der Waals surface area contributed by atoms with Crippen molar-refractivity contribution in [1.29, 1.82) is 0 Å². The molecule has 0 amide bonds. The van der Waals surface area contributed by atoms with Crippen LogP contribution in [0.25, 0.3) is 6.08 Å². The molecule has 4 nitrogen and oxygen atoms in total. The predicted octanol–water partition coefficient (Wildman–Crippen LogP) is 4.77. The van der Waals surface area contributed by atoms with E-state index in [1.165, 1.54) is 18.2 Å². The first kappa shape index (κ1) is 19.3. The summed E-state index contributed by atoms with van der Waals surface area (Å²) in [5.74, 6) is 1.28. The van der Waals surface area contributed by atoms with Gasteiger partial charge in [0.15, 0.2) is 5.78 Å². The number of carbonyl (C=O) groups excluding carboxylic acids is 1. The maximum absolute atomic E-state index is 12.3. The van der Waals surface area contributed by atoms with Gasteiger partial charge in [0.05, 0.1) is 14.2 Å². The van der Waals surface area contributed by atoms with Crippen LogP contribution in [-0.2, 0) is 5.41 Å². The van der Waals surface area contributed by atoms with Gasteiger partial charge in [0.2, 0.25) is 0 Å². The van der Waals surface area contributed by atoms with Crippen molar-refractivity contribution in [3.8, 4) is 17.2 Å². The third-order valence-electron chi connectivity index (χ3n) is 4.32. The minimum Gasteiger partial charge on any atom is -0.508 e. The van der Waals surface area contributed by atoms with Gasteiger partial charge in [-0.1, -0.05) is 19.9 Å². The average Bonchev–Trinajstić information content (AvgIpc) is 2.65. The fourth-order valence-corrected chi connectivity index (χ4v) is 2.55. The molecule has 0 unspecified atom stereocenters. The summed E-state index contributed by atoms with van der Waals surface area (Å²) in [4.78, 5) is 12.3. The van der Waals surface area contributed by atoms with E-state index in [1.54, 1.807) is 32.4 Å². The third-order valence-corrected chi connectivity index (χ3v) is 4.32. The topological polar surface area (TPSA) is 55.8 Å². The van der Waals surface area contributed by atoms with Gasteiger partial charge in [-0.3, -0.25) is 4.79 Å². The summed E-state index contributed by atoms with van der Waals surface area (Å²) in [5, 5.41) is 9.33. The number of phenolic OH excluding ortho intramolecular Hbond substituents is 1. The summed E-state index contributed by atoms with van der Waals surface area (Å²) in [5.41, 5.74) is 1.91. The number of hydrogen-bond acceptors (Lipinski definition) is 4. The lowest BCUT2D eigenvalue weighted by atomic mass is 9.83. The van der Waals surface area contributed by atoms with Crippen molar-refractivity contribution < 1.29 is 19.4 Å². The lowest BCUT2D eigenvalue weighted by Gasteiger charge is -2.24. The van der Waals surface area contributed by atoms with Crippen LogP contribution in [-0.4, -0.2) is 25.1 Å². The minimum atomic E-state index is -0.304. The van der Waals surface area contributed by atoms with Crippen LogP contribution in [0, 0.1) is 0 Å². The van der Waals surface area contributed by atoms with E-state index in [4.69, 9.17) is 9.47 Å². The minimum absolute atomic E-state index is 0.124. The number of phenols is 1. The molecule has 2 rings (SSSR count). The molecule has 0 heterocycles. The molecule has 0 spiro atoms. The van der Waals surface area contributed by atoms with Crippen LogP contribution in [0.15, 0.2) is 55.1 Å². The van der Waals surface area contributed by atoms with Crippen LogP contribution in [0.5, 0.6) is 17.2 Å². The molecule has 0 aliphatic heterocycles. The van der Waals surface area contributed by atoms with Gasteiger partial charge in [-0.05, 0) is 42.5 Å². The highest BCUT2D eigenvalue weighted by Gasteiger charge is 2.23. The molecule has 136 valence electrons. The first-order chi connectivity index (χ1) is 12.3. The summed E-state index contributed by atoms with van der Waals surface area (Å²) in [6, 6.07) is 9.89. The molecule has 2 aromatic carbocycles. The molecule has 0 aliphatic carbocycles. The van der Waals surface area contributed by atoms with Crippen LogP contribution in [0.3, 0.4) is 0 Å². The van der Waals surface area contributed by atoms with Crippen molar-refractivity contribution in [2.75, 3.05) is 14.2 Å². The Hall–Kier alpha value is -3.01. The normalized spacial score (nSPS) is 11.4. The van der Waals surface area contributed by atoms with Gasteiger partial charge < -0.3 is 14.6 Å². The fraction of sp³-hybridized carbons (Fsp3) is 0.227. The molecule has 0 radical (unpaired) electrons. The highest BCUT2D eigenvalue weighted by Crippen LogP contribution is 2.38. The zero-order chi connectivity index (χ0) is 19.3. The van der Waals surface area contributed by atoms with Crippen LogP contribution in [0.2, 0.25) is 0 Å². The summed E-state index contributed by atoms with van der Waals surface area (Å²) in [6.07, 6.45) is 5.06. The van der Waals surface area contributed by atoms with E-state index in [2.05, 4.69) is 6.58 Å². The van der Waals surface area contributed by atoms with Crippen molar-refractivity contribution in [1.82, 2.24) is 0 Å². The molecule has 0 aliphatic rings. The predicted molar refractivity (Wildman–Crippen MR) is 104 cm³/mol. The average molecular weight is 352 g/mol. The Bertz CT molecular complexity index is 830. The number of ketones is 1. The number of benzene rings is 2. The highest BCUT2D eigenvalue weighted by molar-refractivity contribution is 6.07. The second kappa shape index (κ2) is 7.91. The highest BCUT2D eigenvalue weighted by atomic mass is 16.5. The number of hydrogen-bond donors (Lipinski definition) is 1. The van der Waals surface area contributed by atoms with Crippen molar-refractivity contribution in [3.05, 3.63) is 71.8 Å². The third kappa shape index (κ3) is 4.14. The van der Waals surface area contributed by atoms with Gasteiger partial charge in [0.1, 0.15) is 17.2 Å². The van der Waals surface area contributed by atoms with E-state index >= 15 is 0 Å². The molecule has 0 aromatic heterocycles. The van der Waals surface area contributed by atoms with E-state index < -0.39 is 0 Å². The summed E-state index contributed by atoms with van der Waals surface area (Å²) in [6.45, 7) is 7.98. The first-order valence-electron chi connectivity index (χ1n) is 8.24. The monoisotopic (exact) mass is 352 g/mol. The molecular formula is C22H24O4. The van der Waals surface area contributed by atoms with E-state index in [0.717, 1.165) is 11.1 Å². The summed E-state index contributed by atoms with van der Waals surface area (Å²) >= 11 is 0. The molecular weight excluding hydrogens is 328 g/mol. The van der Waals surface area contributed by atoms with Gasteiger partial charge in [0.25, 0.3) is 0 Å². The number of carbonyl (C=O) groups is 1. The van der Waals surface area contributed by atoms with Gasteiger partial charge in [0, 0.05) is 28.2 Å². The largest absolute Gasteiger partial charge is 0.508 e. The van der Waals surface area contributed by atoms with Crippen LogP contribution in [0.1, 0.15) is 35.3 Å². The van der Waals surface area contributed by atoms with Gasteiger partial charge in [-0.15, -0.1) is 6.58 Å². The molecule has 0 fully saturated rings. The van der Waals surface area contributed by atoms with E-state index in [-0.39, 0.29) is 16.9 Å². The maximum Gasteiger partial charge on any atom is 0.185 e. The zero-order valence-corrected chi connectivity index (χ0v) is 15.6. The fourth-order valence-electron chi connectivity index (χ4n) is 2.55. The first-order valence-corrected chi connectivity index (χ1v) is 8.24. The quantitative estimate of drug-likeness (QED) is 0.443. The summed E-state index contributed by atoms with van der Waals surface area (Å²) in [7, 11) is 3.19. The maximum atomic E-state index is 12.3. The standard InChI is InChI=1S/C22H24O4/c1-6-22(2,3)18-13-16(20(25-4)14-21(18)26-5)9-12-19(24)15-7-10-17(23)11-8-15/h6-14,23H,1H2,2-5H3. The van der Waals surface area contributed by atoms with E-state index in [9.17, 15) is 9.90 Å². The number of rotatable bonds is 7. The number of methoxy groups -OCH3 is 2. The Morgan fingerprint density at radius 3 is 2.23 bits per heavy atom. The number of ether oxygens (including phenoxy) is 2. The summed E-state index contributed by atoms with van der Waals surface area (Å²) < 4.78 is 10.9. The van der Waals surface area contributed by atoms with Crippen molar-refractivity contribution in [2.45, 2.75) is 19.3 Å². The Balaban J connectivity index is 2.44. The number of aromatic hydroxyl groups is 1. The van der Waals surface area contributed by atoms with E-state index in [1.807, 2.05) is 32.1 Å². The molecule has 0 saturated carbocycles. The lowest BCUT2D eigenvalue weighted by molar-refractivity contribution is 0.104. The lowest BCUT2D eigenvalue weighted by Crippen LogP contribution is -2.15. The molecule has 2 aromatic rings. The van der Waals surface area contributed by atoms with Crippen molar-refractivity contribution in [2.24, 2.45) is 0 Å². The Labute approximate surface area is 154 Å². The van der Waals surface area contributed by atoms with Gasteiger partial charge >= 0.3 is 0 Å². The zero-order valence-electron chi connectivity index (χ0n) is 15.6. The molecule has 1 N–H and O–H groups in total. The van der Waals surface area contributed by atoms with Gasteiger partial charge in [-0.25, -0.2) is 0 Å². The molecule has 26 heavy (non-hydrogen) atoms. The Morgan fingerprint density at radius 2 is 1.69 bits per heavy atom.